The highest BCUT2D eigenvalue weighted by Crippen LogP contribution is 2.49. The fourth-order valence-corrected chi connectivity index (χ4v) is 5.17. The number of rotatable bonds is 4. The van der Waals surface area contributed by atoms with Crippen molar-refractivity contribution in [3.05, 3.63) is 53.4 Å². The summed E-state index contributed by atoms with van der Waals surface area (Å²) in [5, 5.41) is 24.7. The molecule has 0 spiro atoms. The first-order chi connectivity index (χ1) is 13.0. The number of nitrogens with zero attached hydrogens (tertiary/aromatic N) is 1. The van der Waals surface area contributed by atoms with Gasteiger partial charge in [0, 0.05) is 29.7 Å². The van der Waals surface area contributed by atoms with Gasteiger partial charge in [0.15, 0.2) is 0 Å². The molecular formula is C21H26N2O4. The van der Waals surface area contributed by atoms with Crippen LogP contribution in [0, 0.1) is 23.0 Å². The Bertz CT molecular complexity index is 876. The quantitative estimate of drug-likeness (QED) is 0.375. The first kappa shape index (κ1) is 18.2. The lowest BCUT2D eigenvalue weighted by Gasteiger charge is -2.57. The Kier molecular flexibility index (Phi) is 4.58. The van der Waals surface area contributed by atoms with Crippen LogP contribution in [0.5, 0.6) is 0 Å². The van der Waals surface area contributed by atoms with Crippen LogP contribution in [0.15, 0.2) is 36.9 Å². The van der Waals surface area contributed by atoms with E-state index in [0.717, 1.165) is 17.6 Å². The molecule has 0 aliphatic carbocycles. The molecule has 0 radical (unpaired) electrons. The molecule has 1 aromatic heterocycles. The molecular weight excluding hydrogens is 344 g/mol. The molecule has 0 saturated carbocycles. The molecule has 3 heterocycles. The second-order valence-corrected chi connectivity index (χ2v) is 7.80. The molecule has 1 aromatic carbocycles. The van der Waals surface area contributed by atoms with Gasteiger partial charge in [-0.05, 0) is 17.5 Å². The van der Waals surface area contributed by atoms with Gasteiger partial charge in [-0.15, -0.1) is 6.58 Å². The van der Waals surface area contributed by atoms with Crippen LogP contribution in [-0.2, 0) is 16.0 Å². The number of hydrogen-bond acceptors (Lipinski definition) is 4. The van der Waals surface area contributed by atoms with Crippen molar-refractivity contribution in [3.8, 4) is 0 Å². The van der Waals surface area contributed by atoms with Crippen LogP contribution in [0.2, 0.25) is 0 Å². The summed E-state index contributed by atoms with van der Waals surface area (Å²) in [4.78, 5) is 15.7. The van der Waals surface area contributed by atoms with Gasteiger partial charge >= 0.3 is 5.97 Å². The number of aromatic amines is 1. The molecule has 27 heavy (non-hydrogen) atoms. The monoisotopic (exact) mass is 370 g/mol. The molecule has 144 valence electrons. The normalized spacial score (nSPS) is 31.0. The SMILES string of the molecule is C=C[C@H]1C[N@@+]2([O-])CCc3c([nH]c4ccccc34)[C@H]2C[C@@H]1[C@@H](CO)C(=O)OC. The number of methoxy groups -OCH3 is 1. The second-order valence-electron chi connectivity index (χ2n) is 7.80. The van der Waals surface area contributed by atoms with Crippen LogP contribution in [0.1, 0.15) is 23.7 Å². The number of para-hydroxylation sites is 1. The van der Waals surface area contributed by atoms with Gasteiger partial charge in [-0.25, -0.2) is 0 Å². The highest BCUT2D eigenvalue weighted by molar-refractivity contribution is 5.85. The lowest BCUT2D eigenvalue weighted by atomic mass is 9.72. The summed E-state index contributed by atoms with van der Waals surface area (Å²) in [6, 6.07) is 7.86. The number of fused-ring (bicyclic) bond motifs is 5. The third kappa shape index (κ3) is 2.79. The predicted octanol–water partition coefficient (Wildman–Crippen LogP) is 2.68. The largest absolute Gasteiger partial charge is 0.632 e. The van der Waals surface area contributed by atoms with Gasteiger partial charge in [0.1, 0.15) is 6.04 Å². The highest BCUT2D eigenvalue weighted by Gasteiger charge is 2.49. The number of H-pyrrole nitrogens is 1. The van der Waals surface area contributed by atoms with Crippen molar-refractivity contribution in [3.63, 3.8) is 0 Å². The van der Waals surface area contributed by atoms with Gasteiger partial charge in [-0.3, -0.25) is 4.79 Å². The number of carbonyl (C=O) groups excluding carboxylic acids is 1. The number of hydrogen-bond donors (Lipinski definition) is 2. The average molecular weight is 370 g/mol. The average Bonchev–Trinajstić information content (AvgIpc) is 3.06. The Morgan fingerprint density at radius 3 is 3.00 bits per heavy atom. The fraction of sp³-hybridized carbons (Fsp3) is 0.476. The summed E-state index contributed by atoms with van der Waals surface area (Å²) in [5.41, 5.74) is 3.26. The van der Waals surface area contributed by atoms with E-state index in [4.69, 9.17) is 4.74 Å². The molecule has 5 atom stereocenters. The molecule has 0 unspecified atom stereocenters. The molecule has 0 bridgehead atoms. The maximum Gasteiger partial charge on any atom is 0.311 e. The van der Waals surface area contributed by atoms with Crippen molar-refractivity contribution in [1.82, 2.24) is 4.98 Å². The molecule has 2 aliphatic rings. The van der Waals surface area contributed by atoms with E-state index in [0.29, 0.717) is 19.5 Å². The van der Waals surface area contributed by atoms with Gasteiger partial charge in [0.05, 0.1) is 38.4 Å². The molecule has 6 nitrogen and oxygen atoms in total. The third-order valence-electron chi connectivity index (χ3n) is 6.57. The molecule has 2 aliphatic heterocycles. The zero-order valence-corrected chi connectivity index (χ0v) is 15.6. The second kappa shape index (κ2) is 6.78. The standard InChI is InChI=1S/C21H26N2O4/c1-3-13-11-23(26)9-8-15-14-6-4-5-7-18(14)22-20(15)19(23)10-16(13)17(12-24)21(25)27-2/h3-7,13,16-17,19,22,24H,1,8-12H2,2H3/t13-,16-,17+,19+,23-/m0/s1. The van der Waals surface area contributed by atoms with Gasteiger partial charge in [-0.2, -0.15) is 0 Å². The van der Waals surface area contributed by atoms with Crippen molar-refractivity contribution in [2.75, 3.05) is 26.8 Å². The molecule has 4 rings (SSSR count). The summed E-state index contributed by atoms with van der Waals surface area (Å²) in [5.74, 6) is -1.35. The molecule has 0 amide bonds. The molecule has 1 saturated heterocycles. The summed E-state index contributed by atoms with van der Waals surface area (Å²) in [6.45, 7) is 4.51. The van der Waals surface area contributed by atoms with E-state index < -0.39 is 11.9 Å². The van der Waals surface area contributed by atoms with Crippen LogP contribution in [-0.4, -0.2) is 47.5 Å². The van der Waals surface area contributed by atoms with Gasteiger partial charge < -0.3 is 24.7 Å². The summed E-state index contributed by atoms with van der Waals surface area (Å²) >= 11 is 0. The summed E-state index contributed by atoms with van der Waals surface area (Å²) < 4.78 is 4.60. The van der Waals surface area contributed by atoms with Crippen molar-refractivity contribution < 1.29 is 19.3 Å². The lowest BCUT2D eigenvalue weighted by Crippen LogP contribution is -2.58. The van der Waals surface area contributed by atoms with Crippen LogP contribution in [0.3, 0.4) is 0 Å². The Morgan fingerprint density at radius 1 is 1.52 bits per heavy atom. The lowest BCUT2D eigenvalue weighted by molar-refractivity contribution is -0.923. The van der Waals surface area contributed by atoms with Crippen LogP contribution >= 0.6 is 0 Å². The topological polar surface area (TPSA) is 85.4 Å². The number of hydroxylamine groups is 3. The zero-order chi connectivity index (χ0) is 19.2. The number of aliphatic hydroxyl groups is 1. The van der Waals surface area contributed by atoms with Gasteiger partial charge in [0.2, 0.25) is 0 Å². The minimum absolute atomic E-state index is 0.124. The fourth-order valence-electron chi connectivity index (χ4n) is 5.17. The Labute approximate surface area is 158 Å². The maximum absolute atomic E-state index is 13.7. The van der Waals surface area contributed by atoms with Crippen LogP contribution in [0.25, 0.3) is 10.9 Å². The van der Waals surface area contributed by atoms with Crippen molar-refractivity contribution in [2.24, 2.45) is 17.8 Å². The Balaban J connectivity index is 1.76. The first-order valence-corrected chi connectivity index (χ1v) is 9.51. The van der Waals surface area contributed by atoms with E-state index in [1.54, 1.807) is 6.08 Å². The number of esters is 1. The van der Waals surface area contributed by atoms with E-state index >= 15 is 0 Å². The van der Waals surface area contributed by atoms with Crippen LogP contribution < -0.4 is 0 Å². The maximum atomic E-state index is 13.7. The van der Waals surface area contributed by atoms with Crippen molar-refractivity contribution in [1.29, 1.82) is 0 Å². The number of aromatic nitrogens is 1. The third-order valence-corrected chi connectivity index (χ3v) is 6.57. The van der Waals surface area contributed by atoms with E-state index in [1.165, 1.54) is 18.1 Å². The number of piperidine rings is 1. The van der Waals surface area contributed by atoms with E-state index in [1.807, 2.05) is 18.2 Å². The zero-order valence-electron chi connectivity index (χ0n) is 15.6. The first-order valence-electron chi connectivity index (χ1n) is 9.51. The number of aliphatic hydroxyl groups excluding tert-OH is 1. The molecule has 2 aromatic rings. The summed E-state index contributed by atoms with van der Waals surface area (Å²) in [7, 11) is 1.33. The van der Waals surface area contributed by atoms with E-state index in [2.05, 4.69) is 17.6 Å². The minimum atomic E-state index is -0.637. The Morgan fingerprint density at radius 2 is 2.30 bits per heavy atom. The van der Waals surface area contributed by atoms with Crippen molar-refractivity contribution in [2.45, 2.75) is 18.9 Å². The number of nitrogens with one attached hydrogen (secondary N) is 1. The number of quaternary nitrogens is 1. The minimum Gasteiger partial charge on any atom is -0.632 e. The number of carbonyl (C=O) groups is 1. The van der Waals surface area contributed by atoms with Gasteiger partial charge in [-0.1, -0.05) is 24.3 Å². The number of benzene rings is 1. The highest BCUT2D eigenvalue weighted by atomic mass is 16.5. The van der Waals surface area contributed by atoms with Crippen molar-refractivity contribution >= 4 is 16.9 Å². The predicted molar refractivity (Wildman–Crippen MR) is 102 cm³/mol. The molecule has 1 fully saturated rings. The smallest absolute Gasteiger partial charge is 0.311 e. The number of ether oxygens (including phenoxy) is 1. The summed E-state index contributed by atoms with van der Waals surface area (Å²) in [6.07, 6.45) is 3.04. The van der Waals surface area contributed by atoms with Crippen LogP contribution in [0.4, 0.5) is 0 Å². The Hall–Kier alpha value is -2.15. The molecule has 6 heteroatoms. The van der Waals surface area contributed by atoms with Gasteiger partial charge in [0.25, 0.3) is 0 Å². The molecule has 2 N–H and O–H groups in total. The van der Waals surface area contributed by atoms with E-state index in [-0.39, 0.29) is 29.1 Å². The van der Waals surface area contributed by atoms with E-state index in [9.17, 15) is 15.1 Å².